The molecule has 6 heteroatoms. The number of carbonyl (C=O) groups excluding carboxylic acids is 1. The van der Waals surface area contributed by atoms with E-state index in [9.17, 15) is 4.79 Å². The zero-order valence-corrected chi connectivity index (χ0v) is 12.0. The molecule has 0 radical (unpaired) electrons. The first-order valence-corrected chi connectivity index (χ1v) is 6.45. The van der Waals surface area contributed by atoms with E-state index in [-0.39, 0.29) is 11.8 Å². The van der Waals surface area contributed by atoms with Gasteiger partial charge in [-0.3, -0.25) is 4.79 Å². The van der Waals surface area contributed by atoms with Gasteiger partial charge in [0.2, 0.25) is 5.91 Å². The zero-order valence-electron chi connectivity index (χ0n) is 12.0. The Morgan fingerprint density at radius 1 is 1.47 bits per heavy atom. The molecule has 0 saturated carbocycles. The lowest BCUT2D eigenvalue weighted by Gasteiger charge is -2.16. The largest absolute Gasteiger partial charge is 0.363 e. The van der Waals surface area contributed by atoms with Crippen molar-refractivity contribution in [2.24, 2.45) is 0 Å². The average molecular weight is 263 g/mol. The smallest absolute Gasteiger partial charge is 0.223 e. The topological polar surface area (TPSA) is 61.4 Å². The van der Waals surface area contributed by atoms with Gasteiger partial charge in [0, 0.05) is 46.1 Å². The first-order chi connectivity index (χ1) is 9.01. The molecular weight excluding hydrogens is 242 g/mol. The highest BCUT2D eigenvalue weighted by atomic mass is 16.2. The van der Waals surface area contributed by atoms with Crippen LogP contribution in [0.3, 0.4) is 0 Å². The third kappa shape index (κ3) is 3.01. The number of amides is 1. The Labute approximate surface area is 113 Å². The second-order valence-corrected chi connectivity index (χ2v) is 5.17. The highest BCUT2D eigenvalue weighted by Gasteiger charge is 2.29. The molecule has 19 heavy (non-hydrogen) atoms. The molecule has 6 nitrogen and oxygen atoms in total. The van der Waals surface area contributed by atoms with Crippen LogP contribution in [0, 0.1) is 0 Å². The van der Waals surface area contributed by atoms with Crippen LogP contribution in [0.2, 0.25) is 0 Å². The van der Waals surface area contributed by atoms with E-state index in [0.29, 0.717) is 13.0 Å². The molecule has 2 rings (SSSR count). The van der Waals surface area contributed by atoms with Gasteiger partial charge in [-0.15, -0.1) is 0 Å². The Kier molecular flexibility index (Phi) is 3.99. The van der Waals surface area contributed by atoms with E-state index in [1.807, 2.05) is 39.2 Å². The summed E-state index contributed by atoms with van der Waals surface area (Å²) in [4.78, 5) is 24.4. The summed E-state index contributed by atoms with van der Waals surface area (Å²) >= 11 is 0. The summed E-state index contributed by atoms with van der Waals surface area (Å²) in [6.07, 6.45) is 0.541. The van der Waals surface area contributed by atoms with Crippen molar-refractivity contribution in [3.8, 4) is 0 Å². The van der Waals surface area contributed by atoms with Crippen LogP contribution in [-0.4, -0.2) is 55.5 Å². The number of anilines is 1. The van der Waals surface area contributed by atoms with Crippen LogP contribution in [0.1, 0.15) is 23.9 Å². The van der Waals surface area contributed by atoms with E-state index in [0.717, 1.165) is 23.9 Å². The zero-order chi connectivity index (χ0) is 14.0. The third-order valence-corrected chi connectivity index (χ3v) is 3.33. The fourth-order valence-corrected chi connectivity index (χ4v) is 2.24. The molecule has 1 aliphatic rings. The molecule has 1 N–H and O–H groups in total. The minimum atomic E-state index is 0.176. The monoisotopic (exact) mass is 263 g/mol. The Hall–Kier alpha value is -1.69. The number of likely N-dealkylation sites (N-methyl/N-ethyl adjacent to an activating group) is 1. The quantitative estimate of drug-likeness (QED) is 0.841. The SMILES string of the molecule is CNCc1nc([C@H]2CC(=O)N(C)C2)cc(N(C)C)n1. The molecule has 104 valence electrons. The standard InChI is InChI=1S/C13H21N5O/c1-14-7-11-15-10(6-12(16-11)17(2)3)9-5-13(19)18(4)8-9/h6,9,14H,5,7-8H2,1-4H3/t9-/m0/s1. The normalized spacial score (nSPS) is 19.1. The van der Waals surface area contributed by atoms with Crippen molar-refractivity contribution in [3.63, 3.8) is 0 Å². The maximum atomic E-state index is 11.6. The number of aromatic nitrogens is 2. The fourth-order valence-electron chi connectivity index (χ4n) is 2.24. The number of nitrogens with zero attached hydrogens (tertiary/aromatic N) is 4. The number of carbonyl (C=O) groups is 1. The lowest BCUT2D eigenvalue weighted by molar-refractivity contribution is -0.126. The van der Waals surface area contributed by atoms with Gasteiger partial charge in [-0.25, -0.2) is 9.97 Å². The van der Waals surface area contributed by atoms with E-state index in [4.69, 9.17) is 0 Å². The molecule has 1 amide bonds. The van der Waals surface area contributed by atoms with Crippen molar-refractivity contribution in [2.75, 3.05) is 39.6 Å². The van der Waals surface area contributed by atoms with Crippen molar-refractivity contribution in [1.29, 1.82) is 0 Å². The van der Waals surface area contributed by atoms with Gasteiger partial charge in [0.25, 0.3) is 0 Å². The molecule has 0 spiro atoms. The summed E-state index contributed by atoms with van der Waals surface area (Å²) in [6.45, 7) is 1.37. The van der Waals surface area contributed by atoms with Gasteiger partial charge in [-0.2, -0.15) is 0 Å². The molecule has 0 aliphatic carbocycles. The Balaban J connectivity index is 2.31. The second-order valence-electron chi connectivity index (χ2n) is 5.17. The summed E-state index contributed by atoms with van der Waals surface area (Å²) in [6, 6.07) is 1.98. The van der Waals surface area contributed by atoms with E-state index >= 15 is 0 Å². The van der Waals surface area contributed by atoms with E-state index in [2.05, 4.69) is 15.3 Å². The molecule has 0 unspecified atom stereocenters. The average Bonchev–Trinajstić information content (AvgIpc) is 2.70. The van der Waals surface area contributed by atoms with Crippen molar-refractivity contribution in [2.45, 2.75) is 18.9 Å². The Bertz CT molecular complexity index is 474. The molecule has 0 bridgehead atoms. The third-order valence-electron chi connectivity index (χ3n) is 3.33. The number of nitrogens with one attached hydrogen (secondary N) is 1. The lowest BCUT2D eigenvalue weighted by Crippen LogP contribution is -2.20. The highest BCUT2D eigenvalue weighted by molar-refractivity contribution is 5.79. The summed E-state index contributed by atoms with van der Waals surface area (Å²) in [5, 5.41) is 3.06. The van der Waals surface area contributed by atoms with E-state index in [1.54, 1.807) is 4.90 Å². The van der Waals surface area contributed by atoms with Crippen molar-refractivity contribution < 1.29 is 4.79 Å². The molecule has 1 aromatic rings. The first kappa shape index (κ1) is 13.7. The Morgan fingerprint density at radius 2 is 2.21 bits per heavy atom. The maximum absolute atomic E-state index is 11.6. The number of hydrogen-bond acceptors (Lipinski definition) is 5. The number of hydrogen-bond donors (Lipinski definition) is 1. The lowest BCUT2D eigenvalue weighted by atomic mass is 10.0. The van der Waals surface area contributed by atoms with Crippen LogP contribution < -0.4 is 10.2 Å². The predicted molar refractivity (Wildman–Crippen MR) is 74.1 cm³/mol. The number of likely N-dealkylation sites (tertiary alicyclic amines) is 1. The van der Waals surface area contributed by atoms with E-state index < -0.39 is 0 Å². The van der Waals surface area contributed by atoms with Crippen LogP contribution in [-0.2, 0) is 11.3 Å². The molecule has 1 atom stereocenters. The first-order valence-electron chi connectivity index (χ1n) is 6.45. The molecule has 1 aromatic heterocycles. The minimum Gasteiger partial charge on any atom is -0.363 e. The predicted octanol–water partition coefficient (Wildman–Crippen LogP) is 0.208. The number of rotatable bonds is 4. The van der Waals surface area contributed by atoms with Gasteiger partial charge < -0.3 is 15.1 Å². The molecule has 1 aliphatic heterocycles. The fraction of sp³-hybridized carbons (Fsp3) is 0.615. The van der Waals surface area contributed by atoms with Crippen LogP contribution in [0.15, 0.2) is 6.07 Å². The highest BCUT2D eigenvalue weighted by Crippen LogP contribution is 2.27. The van der Waals surface area contributed by atoms with Crippen LogP contribution in [0.5, 0.6) is 0 Å². The molecular formula is C13H21N5O. The molecule has 2 heterocycles. The summed E-state index contributed by atoms with van der Waals surface area (Å²) in [7, 11) is 7.63. The van der Waals surface area contributed by atoms with Gasteiger partial charge in [0.15, 0.2) is 0 Å². The van der Waals surface area contributed by atoms with Crippen molar-refractivity contribution in [1.82, 2.24) is 20.2 Å². The Morgan fingerprint density at radius 3 is 2.74 bits per heavy atom. The van der Waals surface area contributed by atoms with Gasteiger partial charge in [-0.1, -0.05) is 0 Å². The summed E-state index contributed by atoms with van der Waals surface area (Å²) in [5.74, 6) is 2.02. The van der Waals surface area contributed by atoms with Crippen molar-refractivity contribution >= 4 is 11.7 Å². The second kappa shape index (κ2) is 5.52. The van der Waals surface area contributed by atoms with Gasteiger partial charge in [0.1, 0.15) is 11.6 Å². The van der Waals surface area contributed by atoms with Gasteiger partial charge >= 0.3 is 0 Å². The van der Waals surface area contributed by atoms with E-state index in [1.165, 1.54) is 0 Å². The molecule has 1 fully saturated rings. The van der Waals surface area contributed by atoms with Crippen molar-refractivity contribution in [3.05, 3.63) is 17.6 Å². The van der Waals surface area contributed by atoms with Gasteiger partial charge in [0.05, 0.1) is 12.2 Å². The van der Waals surface area contributed by atoms with Crippen LogP contribution in [0.25, 0.3) is 0 Å². The minimum absolute atomic E-state index is 0.176. The van der Waals surface area contributed by atoms with Gasteiger partial charge in [-0.05, 0) is 7.05 Å². The molecule has 1 saturated heterocycles. The maximum Gasteiger partial charge on any atom is 0.223 e. The summed E-state index contributed by atoms with van der Waals surface area (Å²) in [5.41, 5.74) is 0.960. The summed E-state index contributed by atoms with van der Waals surface area (Å²) < 4.78 is 0. The van der Waals surface area contributed by atoms with Crippen LogP contribution in [0.4, 0.5) is 5.82 Å². The van der Waals surface area contributed by atoms with Crippen LogP contribution >= 0.6 is 0 Å². The molecule has 0 aromatic carbocycles.